The smallest absolute Gasteiger partial charge is 0.311 e. The van der Waals surface area contributed by atoms with Crippen LogP contribution in [0.1, 0.15) is 54.4 Å². The summed E-state index contributed by atoms with van der Waals surface area (Å²) < 4.78 is 5.25. The quantitative estimate of drug-likeness (QED) is 0.739. The van der Waals surface area contributed by atoms with Crippen molar-refractivity contribution in [3.63, 3.8) is 0 Å². The van der Waals surface area contributed by atoms with E-state index in [0.29, 0.717) is 0 Å². The molecule has 3 unspecified atom stereocenters. The van der Waals surface area contributed by atoms with Gasteiger partial charge in [0.1, 0.15) is 5.60 Å². The normalized spacial score (nSPS) is 17.7. The molecule has 0 aliphatic rings. The highest BCUT2D eigenvalue weighted by Gasteiger charge is 2.30. The minimum atomic E-state index is -0.616. The van der Waals surface area contributed by atoms with Crippen LogP contribution in [0.4, 0.5) is 0 Å². The predicted molar refractivity (Wildman–Crippen MR) is 65.1 cm³/mol. The van der Waals surface area contributed by atoms with Crippen molar-refractivity contribution >= 4 is 5.97 Å². The first-order valence-corrected chi connectivity index (χ1v) is 6.10. The second-order valence-electron chi connectivity index (χ2n) is 5.58. The molecule has 3 atom stereocenters. The molecule has 0 aromatic rings. The van der Waals surface area contributed by atoms with Crippen molar-refractivity contribution in [2.75, 3.05) is 0 Å². The summed E-state index contributed by atoms with van der Waals surface area (Å²) in [6.45, 7) is 11.3. The predicted octanol–water partition coefficient (Wildman–Crippen LogP) is 2.76. The summed E-state index contributed by atoms with van der Waals surface area (Å²) in [6.07, 6.45) is 1.32. The lowest BCUT2D eigenvalue weighted by molar-refractivity contribution is -0.164. The van der Waals surface area contributed by atoms with E-state index in [-0.39, 0.29) is 11.9 Å². The second kappa shape index (κ2) is 6.24. The summed E-state index contributed by atoms with van der Waals surface area (Å²) in [4.78, 5) is 11.7. The highest BCUT2D eigenvalue weighted by atomic mass is 16.6. The van der Waals surface area contributed by atoms with Crippen LogP contribution in [0.5, 0.6) is 0 Å². The Labute approximate surface area is 99.2 Å². The van der Waals surface area contributed by atoms with E-state index in [4.69, 9.17) is 4.74 Å². The Bertz CT molecular complexity index is 218. The lowest BCUT2D eigenvalue weighted by Crippen LogP contribution is -2.36. The van der Waals surface area contributed by atoms with Gasteiger partial charge in [-0.3, -0.25) is 4.79 Å². The first-order chi connectivity index (χ1) is 7.19. The van der Waals surface area contributed by atoms with Gasteiger partial charge in [0.2, 0.25) is 0 Å². The number of esters is 1. The van der Waals surface area contributed by atoms with Crippen molar-refractivity contribution in [2.24, 2.45) is 11.8 Å². The average Bonchev–Trinajstić information content (AvgIpc) is 2.13. The molecule has 0 aromatic carbocycles. The summed E-state index contributed by atoms with van der Waals surface area (Å²) in [5, 5.41) is 9.98. The number of hydrogen-bond acceptors (Lipinski definition) is 3. The fourth-order valence-corrected chi connectivity index (χ4v) is 1.65. The Balaban J connectivity index is 4.32. The third-order valence-electron chi connectivity index (χ3n) is 2.62. The molecule has 0 amide bonds. The van der Waals surface area contributed by atoms with E-state index in [1.807, 2.05) is 27.7 Å². The topological polar surface area (TPSA) is 46.5 Å². The zero-order valence-electron chi connectivity index (χ0n) is 11.4. The number of carbonyl (C=O) groups is 1. The highest BCUT2D eigenvalue weighted by Crippen LogP contribution is 2.20. The van der Waals surface area contributed by atoms with Gasteiger partial charge in [-0.1, -0.05) is 20.3 Å². The molecule has 1 N–H and O–H groups in total. The number of ether oxygens (including phenoxy) is 1. The third-order valence-corrected chi connectivity index (χ3v) is 2.62. The van der Waals surface area contributed by atoms with E-state index in [0.717, 1.165) is 12.8 Å². The molecule has 0 fully saturated rings. The van der Waals surface area contributed by atoms with Crippen LogP contribution in [-0.4, -0.2) is 22.8 Å². The van der Waals surface area contributed by atoms with Gasteiger partial charge in [-0.05, 0) is 40.0 Å². The van der Waals surface area contributed by atoms with Crippen molar-refractivity contribution in [3.05, 3.63) is 0 Å². The van der Waals surface area contributed by atoms with Crippen LogP contribution in [0.2, 0.25) is 0 Å². The molecule has 0 aliphatic carbocycles. The van der Waals surface area contributed by atoms with Crippen molar-refractivity contribution < 1.29 is 14.6 Å². The molecule has 0 radical (unpaired) electrons. The molecule has 0 bridgehead atoms. The molecule has 0 rings (SSSR count). The van der Waals surface area contributed by atoms with Gasteiger partial charge < -0.3 is 9.84 Å². The molecule has 0 aromatic heterocycles. The monoisotopic (exact) mass is 230 g/mol. The van der Waals surface area contributed by atoms with Crippen LogP contribution in [-0.2, 0) is 9.53 Å². The van der Waals surface area contributed by atoms with Crippen LogP contribution >= 0.6 is 0 Å². The first-order valence-electron chi connectivity index (χ1n) is 6.10. The van der Waals surface area contributed by atoms with Gasteiger partial charge >= 0.3 is 5.97 Å². The molecule has 0 aliphatic heterocycles. The van der Waals surface area contributed by atoms with E-state index in [2.05, 4.69) is 6.92 Å². The van der Waals surface area contributed by atoms with E-state index < -0.39 is 17.6 Å². The number of carbonyl (C=O) groups excluding carboxylic acids is 1. The molecule has 3 heteroatoms. The van der Waals surface area contributed by atoms with Gasteiger partial charge in [0.15, 0.2) is 0 Å². The number of rotatable bonds is 5. The van der Waals surface area contributed by atoms with Crippen molar-refractivity contribution in [1.82, 2.24) is 0 Å². The SMILES string of the molecule is CCCC(C)C(O)C(C)C(=O)OC(C)(C)C. The van der Waals surface area contributed by atoms with Gasteiger partial charge in [0.25, 0.3) is 0 Å². The molecule has 0 spiro atoms. The number of hydrogen-bond donors (Lipinski definition) is 1. The minimum absolute atomic E-state index is 0.132. The van der Waals surface area contributed by atoms with Crippen LogP contribution in [0, 0.1) is 11.8 Å². The first kappa shape index (κ1) is 15.4. The Morgan fingerprint density at radius 1 is 1.31 bits per heavy atom. The zero-order chi connectivity index (χ0) is 12.9. The molecule has 96 valence electrons. The van der Waals surface area contributed by atoms with Crippen LogP contribution in [0.25, 0.3) is 0 Å². The number of aliphatic hydroxyl groups excluding tert-OH is 1. The molecular weight excluding hydrogens is 204 g/mol. The van der Waals surface area contributed by atoms with Gasteiger partial charge in [0.05, 0.1) is 12.0 Å². The molecule has 0 saturated carbocycles. The Morgan fingerprint density at radius 2 is 1.81 bits per heavy atom. The van der Waals surface area contributed by atoms with Gasteiger partial charge in [-0.25, -0.2) is 0 Å². The summed E-state index contributed by atoms with van der Waals surface area (Å²) in [5.41, 5.74) is -0.487. The van der Waals surface area contributed by atoms with Crippen molar-refractivity contribution in [2.45, 2.75) is 66.1 Å². The Kier molecular flexibility index (Phi) is 6.01. The third kappa shape index (κ3) is 5.50. The van der Waals surface area contributed by atoms with Gasteiger partial charge in [-0.15, -0.1) is 0 Å². The standard InChI is InChI=1S/C13H26O3/c1-7-8-9(2)11(14)10(3)12(15)16-13(4,5)6/h9-11,14H,7-8H2,1-6H3. The van der Waals surface area contributed by atoms with Crippen LogP contribution in [0.15, 0.2) is 0 Å². The maximum atomic E-state index is 11.7. The maximum Gasteiger partial charge on any atom is 0.311 e. The molecular formula is C13H26O3. The molecule has 16 heavy (non-hydrogen) atoms. The van der Waals surface area contributed by atoms with E-state index in [1.165, 1.54) is 0 Å². The van der Waals surface area contributed by atoms with E-state index in [9.17, 15) is 9.90 Å². The van der Waals surface area contributed by atoms with Gasteiger partial charge in [0, 0.05) is 0 Å². The van der Waals surface area contributed by atoms with E-state index >= 15 is 0 Å². The summed E-state index contributed by atoms with van der Waals surface area (Å²) in [6, 6.07) is 0. The zero-order valence-corrected chi connectivity index (χ0v) is 11.4. The second-order valence-corrected chi connectivity index (χ2v) is 5.58. The maximum absolute atomic E-state index is 11.7. The largest absolute Gasteiger partial charge is 0.460 e. The summed E-state index contributed by atoms with van der Waals surface area (Å²) >= 11 is 0. The number of aliphatic hydroxyl groups is 1. The molecule has 3 nitrogen and oxygen atoms in total. The van der Waals surface area contributed by atoms with Gasteiger partial charge in [-0.2, -0.15) is 0 Å². The fourth-order valence-electron chi connectivity index (χ4n) is 1.65. The van der Waals surface area contributed by atoms with E-state index in [1.54, 1.807) is 6.92 Å². The molecule has 0 heterocycles. The molecule has 0 saturated heterocycles. The summed E-state index contributed by atoms with van der Waals surface area (Å²) in [7, 11) is 0. The van der Waals surface area contributed by atoms with Crippen molar-refractivity contribution in [1.29, 1.82) is 0 Å². The van der Waals surface area contributed by atoms with Crippen molar-refractivity contribution in [3.8, 4) is 0 Å². The average molecular weight is 230 g/mol. The lowest BCUT2D eigenvalue weighted by Gasteiger charge is -2.27. The fraction of sp³-hybridized carbons (Fsp3) is 0.923. The van der Waals surface area contributed by atoms with Crippen LogP contribution < -0.4 is 0 Å². The Hall–Kier alpha value is -0.570. The lowest BCUT2D eigenvalue weighted by atomic mass is 9.90. The highest BCUT2D eigenvalue weighted by molar-refractivity contribution is 5.73. The Morgan fingerprint density at radius 3 is 2.19 bits per heavy atom. The van der Waals surface area contributed by atoms with Crippen LogP contribution in [0.3, 0.4) is 0 Å². The minimum Gasteiger partial charge on any atom is -0.460 e. The summed E-state index contributed by atoms with van der Waals surface area (Å²) in [5.74, 6) is -0.642.